The van der Waals surface area contributed by atoms with Crippen LogP contribution in [-0.4, -0.2) is 39.7 Å². The van der Waals surface area contributed by atoms with Gasteiger partial charge >= 0.3 is 6.09 Å². The van der Waals surface area contributed by atoms with Crippen LogP contribution in [0.2, 0.25) is 0 Å². The van der Waals surface area contributed by atoms with Crippen molar-refractivity contribution in [1.29, 1.82) is 0 Å². The molecule has 1 heterocycles. The molecule has 1 aromatic heterocycles. The van der Waals surface area contributed by atoms with Crippen LogP contribution in [0.25, 0.3) is 11.1 Å². The van der Waals surface area contributed by atoms with Crippen molar-refractivity contribution in [3.8, 4) is 11.1 Å². The lowest BCUT2D eigenvalue weighted by Gasteiger charge is -2.23. The van der Waals surface area contributed by atoms with E-state index in [2.05, 4.69) is 23.9 Å². The first-order valence-corrected chi connectivity index (χ1v) is 17.1. The molecule has 42 heavy (non-hydrogen) atoms. The highest BCUT2D eigenvalue weighted by molar-refractivity contribution is 7.90. The Hall–Kier alpha value is -3.28. The van der Waals surface area contributed by atoms with Crippen LogP contribution in [-0.2, 0) is 44.2 Å². The largest absolute Gasteiger partial charge is 0.445 e. The number of amides is 1. The molecular weight excluding hydrogens is 574 g/mol. The molecule has 0 fully saturated rings. The van der Waals surface area contributed by atoms with Crippen LogP contribution in [0.1, 0.15) is 62.7 Å². The number of aromatic nitrogens is 1. The van der Waals surface area contributed by atoms with Gasteiger partial charge in [0.2, 0.25) is 10.0 Å². The molecule has 228 valence electrons. The van der Waals surface area contributed by atoms with Gasteiger partial charge in [0.05, 0.1) is 9.79 Å². The van der Waals surface area contributed by atoms with E-state index in [4.69, 9.17) is 9.72 Å². The molecule has 0 aliphatic heterocycles. The summed E-state index contributed by atoms with van der Waals surface area (Å²) >= 11 is 0. The fraction of sp³-hybridized carbons (Fsp3) is 0.419. The van der Waals surface area contributed by atoms with Crippen molar-refractivity contribution in [3.63, 3.8) is 0 Å². The number of alkyl carbamates (subject to hydrolysis) is 1. The molecule has 11 heteroatoms. The van der Waals surface area contributed by atoms with E-state index < -0.39 is 31.5 Å². The molecule has 1 amide bonds. The molecule has 3 aromatic rings. The third-order valence-corrected chi connectivity index (χ3v) is 9.00. The first-order valence-electron chi connectivity index (χ1n) is 13.7. The summed E-state index contributed by atoms with van der Waals surface area (Å²) in [5, 5.41) is 2.81. The van der Waals surface area contributed by atoms with Gasteiger partial charge in [-0.3, -0.25) is 4.98 Å². The molecule has 0 atom stereocenters. The number of sulfonamides is 1. The zero-order chi connectivity index (χ0) is 31.5. The lowest BCUT2D eigenvalue weighted by atomic mass is 9.90. The first kappa shape index (κ1) is 33.2. The highest BCUT2D eigenvalue weighted by Gasteiger charge is 2.24. The Bertz CT molecular complexity index is 1640. The van der Waals surface area contributed by atoms with E-state index in [-0.39, 0.29) is 28.9 Å². The lowest BCUT2D eigenvalue weighted by Crippen LogP contribution is -2.40. The Morgan fingerprint density at radius 2 is 1.48 bits per heavy atom. The van der Waals surface area contributed by atoms with E-state index in [0.717, 1.165) is 28.6 Å². The molecule has 2 aromatic carbocycles. The second-order valence-corrected chi connectivity index (χ2v) is 15.7. The third kappa shape index (κ3) is 8.86. The number of nitrogens with one attached hydrogen (secondary N) is 2. The summed E-state index contributed by atoms with van der Waals surface area (Å²) in [4.78, 5) is 17.5. The minimum atomic E-state index is -4.00. The fourth-order valence-electron chi connectivity index (χ4n) is 4.44. The number of carbonyl (C=O) groups is 1. The zero-order valence-corrected chi connectivity index (χ0v) is 27.2. The quantitative estimate of drug-likeness (QED) is 0.309. The predicted octanol–water partition coefficient (Wildman–Crippen LogP) is 5.47. The van der Waals surface area contributed by atoms with Gasteiger partial charge in [-0.1, -0.05) is 43.7 Å². The number of pyridine rings is 1. The Kier molecular flexibility index (Phi) is 10.2. The van der Waals surface area contributed by atoms with E-state index in [1.807, 2.05) is 58.9 Å². The Balaban J connectivity index is 2.10. The highest BCUT2D eigenvalue weighted by Crippen LogP contribution is 2.34. The Morgan fingerprint density at radius 3 is 2.00 bits per heavy atom. The molecular formula is C31H41N3O6S2. The van der Waals surface area contributed by atoms with Crippen molar-refractivity contribution in [1.82, 2.24) is 15.0 Å². The van der Waals surface area contributed by atoms with E-state index in [1.54, 1.807) is 0 Å². The van der Waals surface area contributed by atoms with Gasteiger partial charge in [0.1, 0.15) is 6.61 Å². The van der Waals surface area contributed by atoms with E-state index in [9.17, 15) is 21.6 Å². The van der Waals surface area contributed by atoms with Gasteiger partial charge < -0.3 is 10.1 Å². The third-order valence-electron chi connectivity index (χ3n) is 6.46. The number of hydrogen-bond donors (Lipinski definition) is 2. The number of hydrogen-bond acceptors (Lipinski definition) is 7. The molecule has 9 nitrogen and oxygen atoms in total. The van der Waals surface area contributed by atoms with Crippen LogP contribution in [0, 0.1) is 19.8 Å². The second kappa shape index (κ2) is 12.9. The maximum Gasteiger partial charge on any atom is 0.407 e. The maximum absolute atomic E-state index is 13.3. The topological polar surface area (TPSA) is 132 Å². The SMILES string of the molecule is Cc1ccc(-c2c(CNS(=O)(=O)c3ccc(S(C)(=O)=O)cc3)c(C)nc(CC(C)C)c2COC(=O)NC(C)(C)C)cc1. The molecule has 0 saturated carbocycles. The average Bonchev–Trinajstić information content (AvgIpc) is 2.86. The van der Waals surface area contributed by atoms with Crippen LogP contribution in [0.3, 0.4) is 0 Å². The van der Waals surface area contributed by atoms with Crippen molar-refractivity contribution >= 4 is 26.0 Å². The summed E-state index contributed by atoms with van der Waals surface area (Å²) in [5.74, 6) is 0.268. The van der Waals surface area contributed by atoms with Gasteiger partial charge in [0, 0.05) is 35.3 Å². The molecule has 0 unspecified atom stereocenters. The summed E-state index contributed by atoms with van der Waals surface area (Å²) in [6, 6.07) is 12.9. The first-order chi connectivity index (χ1) is 19.4. The van der Waals surface area contributed by atoms with Crippen LogP contribution in [0.4, 0.5) is 4.79 Å². The molecule has 0 radical (unpaired) electrons. The van der Waals surface area contributed by atoms with Gasteiger partial charge in [-0.05, 0) is 87.9 Å². The summed E-state index contributed by atoms with van der Waals surface area (Å²) in [6.07, 6.45) is 1.14. The molecule has 2 N–H and O–H groups in total. The number of rotatable bonds is 10. The van der Waals surface area contributed by atoms with Crippen molar-refractivity contribution in [2.45, 2.75) is 83.4 Å². The number of sulfone groups is 1. The fourth-order valence-corrected chi connectivity index (χ4v) is 6.06. The van der Waals surface area contributed by atoms with Gasteiger partial charge in [0.25, 0.3) is 0 Å². The summed E-state index contributed by atoms with van der Waals surface area (Å²) in [7, 11) is -7.47. The van der Waals surface area contributed by atoms with E-state index >= 15 is 0 Å². The summed E-state index contributed by atoms with van der Waals surface area (Å²) < 4.78 is 58.5. The van der Waals surface area contributed by atoms with Crippen molar-refractivity contribution in [2.24, 2.45) is 5.92 Å². The monoisotopic (exact) mass is 615 g/mol. The second-order valence-electron chi connectivity index (χ2n) is 12.0. The number of benzene rings is 2. The normalized spacial score (nSPS) is 12.4. The van der Waals surface area contributed by atoms with Crippen molar-refractivity contribution < 1.29 is 26.4 Å². The Morgan fingerprint density at radius 1 is 0.905 bits per heavy atom. The number of carbonyl (C=O) groups excluding carboxylic acids is 1. The summed E-state index contributed by atoms with van der Waals surface area (Å²) in [5.41, 5.74) is 4.99. The van der Waals surface area contributed by atoms with E-state index in [1.165, 1.54) is 24.3 Å². The predicted molar refractivity (Wildman–Crippen MR) is 164 cm³/mol. The van der Waals surface area contributed by atoms with Crippen molar-refractivity contribution in [2.75, 3.05) is 6.26 Å². The average molecular weight is 616 g/mol. The molecule has 0 aliphatic rings. The standard InChI is InChI=1S/C31H41N3O6S2/c1-20(2)17-28-27(19-40-30(35)34-31(5,6)7)29(23-11-9-21(3)10-12-23)26(22(4)33-28)18-32-42(38,39)25-15-13-24(14-16-25)41(8,36)37/h9-16,20,32H,17-19H2,1-8H3,(H,34,35). The summed E-state index contributed by atoms with van der Waals surface area (Å²) in [6.45, 7) is 13.4. The minimum absolute atomic E-state index is 0.0315. The molecule has 3 rings (SSSR count). The van der Waals surface area contributed by atoms with Crippen LogP contribution >= 0.6 is 0 Å². The highest BCUT2D eigenvalue weighted by atomic mass is 32.2. The smallest absolute Gasteiger partial charge is 0.407 e. The molecule has 0 saturated heterocycles. The van der Waals surface area contributed by atoms with Crippen LogP contribution < -0.4 is 10.0 Å². The number of nitrogens with zero attached hydrogens (tertiary/aromatic N) is 1. The van der Waals surface area contributed by atoms with Gasteiger partial charge in [-0.25, -0.2) is 26.4 Å². The number of ether oxygens (including phenoxy) is 1. The maximum atomic E-state index is 13.3. The van der Waals surface area contributed by atoms with Gasteiger partial charge in [-0.2, -0.15) is 0 Å². The Labute approximate surface area is 250 Å². The molecule has 0 spiro atoms. The van der Waals surface area contributed by atoms with E-state index in [0.29, 0.717) is 23.2 Å². The van der Waals surface area contributed by atoms with Crippen LogP contribution in [0.15, 0.2) is 58.3 Å². The van der Waals surface area contributed by atoms with Crippen LogP contribution in [0.5, 0.6) is 0 Å². The molecule has 0 bridgehead atoms. The van der Waals surface area contributed by atoms with Gasteiger partial charge in [0.15, 0.2) is 9.84 Å². The minimum Gasteiger partial charge on any atom is -0.445 e. The number of aryl methyl sites for hydroxylation is 2. The lowest BCUT2D eigenvalue weighted by molar-refractivity contribution is 0.131. The zero-order valence-electron chi connectivity index (χ0n) is 25.5. The van der Waals surface area contributed by atoms with Gasteiger partial charge in [-0.15, -0.1) is 0 Å². The molecule has 0 aliphatic carbocycles. The van der Waals surface area contributed by atoms with Crippen molar-refractivity contribution in [3.05, 3.63) is 76.6 Å².